The third-order valence-corrected chi connectivity index (χ3v) is 9.27. The van der Waals surface area contributed by atoms with Crippen molar-refractivity contribution >= 4 is 51.2 Å². The molecule has 0 bridgehead atoms. The first kappa shape index (κ1) is 28.0. The minimum Gasteiger partial charge on any atom is -0.394 e. The molecule has 3 aliphatic rings. The van der Waals surface area contributed by atoms with Crippen LogP contribution in [-0.2, 0) is 15.2 Å². The molecule has 2 N–H and O–H groups in total. The molecule has 222 valence electrons. The Morgan fingerprint density at radius 1 is 0.955 bits per heavy atom. The maximum absolute atomic E-state index is 14.2. The van der Waals surface area contributed by atoms with Gasteiger partial charge >= 0.3 is 0 Å². The number of hydrogen-bond donors (Lipinski definition) is 2. The number of aliphatic hydroxyl groups excluding tert-OH is 1. The first-order chi connectivity index (χ1) is 21.3. The number of anilines is 4. The van der Waals surface area contributed by atoms with E-state index in [1.165, 1.54) is 4.90 Å². The van der Waals surface area contributed by atoms with Crippen molar-refractivity contribution in [3.8, 4) is 0 Å². The predicted octanol–water partition coefficient (Wildman–Crippen LogP) is 5.56. The number of benzene rings is 4. The molecular weight excluding hydrogens is 554 g/mol. The van der Waals surface area contributed by atoms with Crippen molar-refractivity contribution in [1.29, 1.82) is 0 Å². The van der Waals surface area contributed by atoms with Crippen LogP contribution in [0.2, 0.25) is 0 Å². The van der Waals surface area contributed by atoms with Gasteiger partial charge in [0.15, 0.2) is 5.60 Å². The number of carbonyl (C=O) groups excluding carboxylic acids is 3. The molecule has 3 amide bonds. The van der Waals surface area contributed by atoms with Crippen LogP contribution in [0.4, 0.5) is 22.7 Å². The molecule has 3 atom stereocenters. The van der Waals surface area contributed by atoms with E-state index in [9.17, 15) is 24.6 Å². The second kappa shape index (κ2) is 10.7. The summed E-state index contributed by atoms with van der Waals surface area (Å²) >= 11 is 0. The zero-order valence-electron chi connectivity index (χ0n) is 24.4. The average Bonchev–Trinajstić information content (AvgIpc) is 3.71. The Balaban J connectivity index is 1.27. The van der Waals surface area contributed by atoms with Gasteiger partial charge in [0, 0.05) is 41.2 Å². The Bertz CT molecular complexity index is 1830. The number of carbonyl (C=O) groups is 3. The summed E-state index contributed by atoms with van der Waals surface area (Å²) in [4.78, 5) is 45.6. The van der Waals surface area contributed by atoms with Crippen molar-refractivity contribution in [2.75, 3.05) is 23.0 Å². The Labute approximate surface area is 255 Å². The van der Waals surface area contributed by atoms with Crippen LogP contribution in [0.3, 0.4) is 0 Å². The number of rotatable bonds is 7. The van der Waals surface area contributed by atoms with Gasteiger partial charge in [-0.05, 0) is 60.7 Å². The van der Waals surface area contributed by atoms with Gasteiger partial charge in [0.2, 0.25) is 5.91 Å². The number of fused-ring (bicyclic) bond motifs is 1. The second-order valence-electron chi connectivity index (χ2n) is 11.8. The van der Waals surface area contributed by atoms with Crippen molar-refractivity contribution in [2.45, 2.75) is 37.8 Å². The van der Waals surface area contributed by atoms with Crippen LogP contribution in [-0.4, -0.2) is 52.0 Å². The van der Waals surface area contributed by atoms with E-state index in [1.807, 2.05) is 72.8 Å². The van der Waals surface area contributed by atoms with Crippen molar-refractivity contribution in [3.05, 3.63) is 108 Å². The molecule has 1 fully saturated rings. The molecule has 44 heavy (non-hydrogen) atoms. The smallest absolute Gasteiger partial charge is 0.268 e. The molecule has 3 heterocycles. The van der Waals surface area contributed by atoms with Crippen LogP contribution in [0.25, 0.3) is 10.8 Å². The van der Waals surface area contributed by atoms with Crippen molar-refractivity contribution in [3.63, 3.8) is 0 Å². The summed E-state index contributed by atoms with van der Waals surface area (Å²) in [5.74, 6) is -1.46. The second-order valence-corrected chi connectivity index (χ2v) is 11.8. The van der Waals surface area contributed by atoms with Crippen molar-refractivity contribution < 1.29 is 24.6 Å². The van der Waals surface area contributed by atoms with E-state index >= 15 is 0 Å². The summed E-state index contributed by atoms with van der Waals surface area (Å²) < 4.78 is 0. The molecule has 0 radical (unpaired) electrons. The molecule has 0 saturated carbocycles. The number of para-hydroxylation sites is 1. The predicted molar refractivity (Wildman–Crippen MR) is 169 cm³/mol. The standard InChI is InChI=1S/C36H33N3O5/c1-23(9-5-17-32(41)37-20-8-14-27(37)22-40)36(44)29-21-26(18-19-30(29)39(35(36)43)25-12-3-2-4-13-25)38-31-16-7-11-24-10-6-15-28(33(24)31)34(38)42/h2-7,9-13,15-16,18-19,21,23,27,40,44H,8,14,17,20,22H2,1H3/b9-5+/t23-,27-,36+/m0/s1. The van der Waals surface area contributed by atoms with Crippen molar-refractivity contribution in [1.82, 2.24) is 4.90 Å². The summed E-state index contributed by atoms with van der Waals surface area (Å²) in [7, 11) is 0. The molecular formula is C36H33N3O5. The molecule has 3 aliphatic heterocycles. The molecule has 7 rings (SSSR count). The van der Waals surface area contributed by atoms with Crippen LogP contribution < -0.4 is 9.80 Å². The molecule has 8 heteroatoms. The summed E-state index contributed by atoms with van der Waals surface area (Å²) in [6, 6.07) is 25.8. The van der Waals surface area contributed by atoms with E-state index in [0.29, 0.717) is 34.7 Å². The van der Waals surface area contributed by atoms with Gasteiger partial charge in [0.25, 0.3) is 11.8 Å². The highest BCUT2D eigenvalue weighted by Crippen LogP contribution is 2.51. The maximum atomic E-state index is 14.2. The Morgan fingerprint density at radius 3 is 2.50 bits per heavy atom. The number of aliphatic hydroxyl groups is 2. The van der Waals surface area contributed by atoms with E-state index in [2.05, 4.69) is 0 Å². The van der Waals surface area contributed by atoms with E-state index in [4.69, 9.17) is 0 Å². The third kappa shape index (κ3) is 4.17. The van der Waals surface area contributed by atoms with Gasteiger partial charge in [-0.2, -0.15) is 0 Å². The molecule has 4 aromatic carbocycles. The van der Waals surface area contributed by atoms with Gasteiger partial charge in [-0.15, -0.1) is 0 Å². The molecule has 4 aromatic rings. The summed E-state index contributed by atoms with van der Waals surface area (Å²) in [5.41, 5.74) is 1.51. The Morgan fingerprint density at radius 2 is 1.73 bits per heavy atom. The lowest BCUT2D eigenvalue weighted by Gasteiger charge is -2.28. The lowest BCUT2D eigenvalue weighted by Crippen LogP contribution is -2.43. The van der Waals surface area contributed by atoms with Crippen LogP contribution in [0.1, 0.15) is 42.1 Å². The fraction of sp³-hybridized carbons (Fsp3) is 0.250. The van der Waals surface area contributed by atoms with Crippen molar-refractivity contribution in [2.24, 2.45) is 5.92 Å². The highest BCUT2D eigenvalue weighted by atomic mass is 16.3. The fourth-order valence-electron chi connectivity index (χ4n) is 6.99. The molecule has 0 unspecified atom stereocenters. The largest absolute Gasteiger partial charge is 0.394 e. The number of hydrogen-bond acceptors (Lipinski definition) is 5. The molecule has 8 nitrogen and oxygen atoms in total. The van der Waals surface area contributed by atoms with Crippen LogP contribution in [0, 0.1) is 5.92 Å². The Kier molecular flexibility index (Phi) is 6.83. The van der Waals surface area contributed by atoms with E-state index in [-0.39, 0.29) is 30.9 Å². The van der Waals surface area contributed by atoms with Gasteiger partial charge in [-0.25, -0.2) is 0 Å². The summed E-state index contributed by atoms with van der Waals surface area (Å²) in [6.07, 6.45) is 5.15. The monoisotopic (exact) mass is 587 g/mol. The van der Waals surface area contributed by atoms with Gasteiger partial charge in [-0.3, -0.25) is 24.2 Å². The first-order valence-corrected chi connectivity index (χ1v) is 15.0. The fourth-order valence-corrected chi connectivity index (χ4v) is 6.99. The summed E-state index contributed by atoms with van der Waals surface area (Å²) in [5, 5.41) is 23.8. The van der Waals surface area contributed by atoms with Gasteiger partial charge in [0.1, 0.15) is 0 Å². The van der Waals surface area contributed by atoms with Gasteiger partial charge in [-0.1, -0.05) is 61.5 Å². The normalized spacial score (nSPS) is 21.6. The maximum Gasteiger partial charge on any atom is 0.268 e. The van der Waals surface area contributed by atoms with Gasteiger partial charge < -0.3 is 15.1 Å². The first-order valence-electron chi connectivity index (χ1n) is 15.0. The Hall–Kier alpha value is -4.79. The minimum absolute atomic E-state index is 0.0619. The van der Waals surface area contributed by atoms with Crippen LogP contribution in [0.5, 0.6) is 0 Å². The highest BCUT2D eigenvalue weighted by molar-refractivity contribution is 6.28. The lowest BCUT2D eigenvalue weighted by molar-refractivity contribution is -0.138. The van der Waals surface area contributed by atoms with E-state index in [0.717, 1.165) is 29.3 Å². The quantitative estimate of drug-likeness (QED) is 0.276. The molecule has 0 aromatic heterocycles. The SMILES string of the molecule is C[C@@H](/C=C/CC(=O)N1CCC[C@H]1CO)[C@]1(O)C(=O)N(c2ccccc2)c2ccc(N3C(=O)c4cccc5cccc3c45)cc21. The number of nitrogens with zero attached hydrogens (tertiary/aromatic N) is 3. The lowest BCUT2D eigenvalue weighted by atomic mass is 9.82. The van der Waals surface area contributed by atoms with Crippen LogP contribution >= 0.6 is 0 Å². The minimum atomic E-state index is -1.95. The van der Waals surface area contributed by atoms with Gasteiger partial charge in [0.05, 0.1) is 29.6 Å². The van der Waals surface area contributed by atoms with E-state index < -0.39 is 17.4 Å². The molecule has 0 spiro atoms. The average molecular weight is 588 g/mol. The molecule has 0 aliphatic carbocycles. The zero-order chi connectivity index (χ0) is 30.6. The topological polar surface area (TPSA) is 101 Å². The van der Waals surface area contributed by atoms with E-state index in [1.54, 1.807) is 41.0 Å². The summed E-state index contributed by atoms with van der Waals surface area (Å²) in [6.45, 7) is 2.31. The van der Waals surface area contributed by atoms with Crippen LogP contribution in [0.15, 0.2) is 97.1 Å². The highest BCUT2D eigenvalue weighted by Gasteiger charge is 2.53. The molecule has 1 saturated heterocycles. The number of amides is 3. The zero-order valence-corrected chi connectivity index (χ0v) is 24.4. The number of likely N-dealkylation sites (tertiary alicyclic amines) is 1. The third-order valence-electron chi connectivity index (χ3n) is 9.27.